The Bertz CT molecular complexity index is 2210. The van der Waals surface area contributed by atoms with Crippen LogP contribution in [0.3, 0.4) is 0 Å². The number of ether oxygens (including phenoxy) is 10. The summed E-state index contributed by atoms with van der Waals surface area (Å²) in [6, 6.07) is 0. The molecule has 0 saturated carbocycles. The van der Waals surface area contributed by atoms with Gasteiger partial charge in [-0.2, -0.15) is 0 Å². The minimum Gasteiger partial charge on any atom is -0.463 e. The molecule has 0 fully saturated rings. The van der Waals surface area contributed by atoms with Crippen molar-refractivity contribution in [3.63, 3.8) is 0 Å². The Morgan fingerprint density at radius 1 is 0.512 bits per heavy atom. The van der Waals surface area contributed by atoms with Gasteiger partial charge in [0.25, 0.3) is 0 Å². The van der Waals surface area contributed by atoms with E-state index < -0.39 is 23.9 Å². The quantitative estimate of drug-likeness (QED) is 0.0193. The van der Waals surface area contributed by atoms with Gasteiger partial charge in [-0.25, -0.2) is 0 Å². The van der Waals surface area contributed by atoms with E-state index in [0.29, 0.717) is 72.1 Å². The normalized spacial score (nSPS) is 19.2. The van der Waals surface area contributed by atoms with Gasteiger partial charge in [0.05, 0.1) is 118 Å². The summed E-state index contributed by atoms with van der Waals surface area (Å²) in [6.45, 7) is 25.3. The fourth-order valence-electron chi connectivity index (χ4n) is 8.91. The molecule has 0 spiro atoms. The van der Waals surface area contributed by atoms with E-state index in [4.69, 9.17) is 57.6 Å². The van der Waals surface area contributed by atoms with Crippen molar-refractivity contribution in [2.75, 3.05) is 106 Å². The van der Waals surface area contributed by atoms with E-state index in [1.54, 1.807) is 0 Å². The lowest BCUT2D eigenvalue weighted by molar-refractivity contribution is -0.155. The van der Waals surface area contributed by atoms with E-state index in [1.807, 2.05) is 30.4 Å². The second-order valence-corrected chi connectivity index (χ2v) is 21.2. The lowest BCUT2D eigenvalue weighted by Crippen LogP contribution is -2.35. The Kier molecular flexibility index (Phi) is 36.9. The molecule has 2 aliphatic carbocycles. The lowest BCUT2D eigenvalue weighted by Gasteiger charge is -2.40. The van der Waals surface area contributed by atoms with Crippen LogP contribution in [0.5, 0.6) is 0 Å². The fraction of sp³-hybridized carbons (Fsp3) is 0.594. The summed E-state index contributed by atoms with van der Waals surface area (Å²) in [6.07, 6.45) is 32.4. The Balaban J connectivity index is 1.74. The molecule has 0 aliphatic heterocycles. The molecule has 0 aromatic carbocycles. The van der Waals surface area contributed by atoms with Crippen molar-refractivity contribution in [3.8, 4) is 0 Å². The number of hydrogen-bond acceptors (Lipinski definition) is 16. The van der Waals surface area contributed by atoms with Gasteiger partial charge in [-0.1, -0.05) is 146 Å². The standard InChI is InChI=1S/C64H96O16/c1-49(17-13-19-51(3)21-23-57-53(5)45-55(47-63(57,7)8)79-61(69)27-25-59(67)77-43-41-75-39-37-73-35-33-71-31-29-65)15-11-12-16-50(2)18-14-20-52(4)22-24-58-54(6)46-56(48-64(58,9)10)80-62(70)28-26-60(68)78-44-42-76-40-38-74-36-34-72-32-30-66/h11-24,45,55-57,65-66H,25-44,46-48H2,1-10H3/b12-11+,17-13+,18-14+,23-21+,24-22+,49-15+,50-16+,51-19+,52-20+/t55-,56+,57-/m0/s1. The molecule has 3 atom stereocenters. The Hall–Kier alpha value is -5.30. The number of aliphatic hydroxyl groups excluding tert-OH is 2. The molecule has 2 aliphatic rings. The van der Waals surface area contributed by atoms with Crippen molar-refractivity contribution in [1.29, 1.82) is 0 Å². The molecule has 80 heavy (non-hydrogen) atoms. The number of carbonyl (C=O) groups excluding carboxylic acids is 4. The highest BCUT2D eigenvalue weighted by Crippen LogP contribution is 2.44. The van der Waals surface area contributed by atoms with Gasteiger partial charge < -0.3 is 57.6 Å². The van der Waals surface area contributed by atoms with Crippen molar-refractivity contribution >= 4 is 23.9 Å². The summed E-state index contributed by atoms with van der Waals surface area (Å²) in [5.41, 5.74) is 7.61. The first kappa shape index (κ1) is 70.8. The maximum absolute atomic E-state index is 12.7. The third-order valence-corrected chi connectivity index (χ3v) is 12.9. The number of esters is 4. The fourth-order valence-corrected chi connectivity index (χ4v) is 8.91. The highest BCUT2D eigenvalue weighted by atomic mass is 16.6. The van der Waals surface area contributed by atoms with E-state index in [0.717, 1.165) is 27.9 Å². The van der Waals surface area contributed by atoms with E-state index in [2.05, 4.69) is 130 Å². The maximum atomic E-state index is 12.7. The van der Waals surface area contributed by atoms with Gasteiger partial charge >= 0.3 is 23.9 Å². The molecule has 2 rings (SSSR count). The minimum atomic E-state index is -0.481. The van der Waals surface area contributed by atoms with Crippen LogP contribution in [0.15, 0.2) is 130 Å². The van der Waals surface area contributed by atoms with Crippen molar-refractivity contribution in [2.45, 2.75) is 126 Å². The molecule has 16 heteroatoms. The van der Waals surface area contributed by atoms with Crippen LogP contribution in [-0.2, 0) is 66.5 Å². The number of carbonyl (C=O) groups is 4. The SMILES string of the molecule is CC1=C[C@H](OC(=O)CCC(=O)OCCOCCOCCOCCO)CC(C)(C)[C@H]1/C=C/C(C)=C/C=C/C(C)=C/C=C/C=C(C)/C=C/C=C(C)/C=C/C1=C(C)C[C@@H](OC(=O)CCC(=O)OCCOCCOCCOCCO)CC1(C)C. The summed E-state index contributed by atoms with van der Waals surface area (Å²) in [5.74, 6) is -1.64. The highest BCUT2D eigenvalue weighted by Gasteiger charge is 2.37. The molecule has 0 unspecified atom stereocenters. The second kappa shape index (κ2) is 41.7. The molecule has 0 amide bonds. The predicted octanol–water partition coefficient (Wildman–Crippen LogP) is 10.2. The van der Waals surface area contributed by atoms with Crippen LogP contribution in [0.2, 0.25) is 0 Å². The second-order valence-electron chi connectivity index (χ2n) is 21.2. The lowest BCUT2D eigenvalue weighted by atomic mass is 9.67. The smallest absolute Gasteiger partial charge is 0.306 e. The van der Waals surface area contributed by atoms with Gasteiger partial charge in [0.2, 0.25) is 0 Å². The monoisotopic (exact) mass is 1120 g/mol. The zero-order valence-electron chi connectivity index (χ0n) is 49.8. The summed E-state index contributed by atoms with van der Waals surface area (Å²) in [5, 5.41) is 17.4. The molecule has 0 aromatic rings. The van der Waals surface area contributed by atoms with E-state index >= 15 is 0 Å². The summed E-state index contributed by atoms with van der Waals surface area (Å²) in [4.78, 5) is 49.7. The maximum Gasteiger partial charge on any atom is 0.306 e. The van der Waals surface area contributed by atoms with Gasteiger partial charge in [0, 0.05) is 12.3 Å². The average Bonchev–Trinajstić information content (AvgIpc) is 3.38. The first-order valence-corrected chi connectivity index (χ1v) is 28.1. The minimum absolute atomic E-state index is 0.0223. The van der Waals surface area contributed by atoms with Crippen molar-refractivity contribution in [2.24, 2.45) is 16.7 Å². The van der Waals surface area contributed by atoms with Crippen molar-refractivity contribution in [1.82, 2.24) is 0 Å². The summed E-state index contributed by atoms with van der Waals surface area (Å²) < 4.78 is 53.6. The number of aliphatic hydroxyl groups is 2. The zero-order chi connectivity index (χ0) is 59.0. The summed E-state index contributed by atoms with van der Waals surface area (Å²) in [7, 11) is 0. The number of rotatable bonds is 40. The van der Waals surface area contributed by atoms with E-state index in [-0.39, 0.29) is 107 Å². The van der Waals surface area contributed by atoms with Crippen LogP contribution in [0, 0.1) is 16.7 Å². The molecule has 0 bridgehead atoms. The highest BCUT2D eigenvalue weighted by molar-refractivity contribution is 5.78. The molecule has 16 nitrogen and oxygen atoms in total. The van der Waals surface area contributed by atoms with Crippen molar-refractivity contribution in [3.05, 3.63) is 130 Å². The van der Waals surface area contributed by atoms with Gasteiger partial charge in [-0.15, -0.1) is 0 Å². The van der Waals surface area contributed by atoms with Crippen LogP contribution in [0.25, 0.3) is 0 Å². The van der Waals surface area contributed by atoms with Crippen LogP contribution in [0.4, 0.5) is 0 Å². The predicted molar refractivity (Wildman–Crippen MR) is 311 cm³/mol. The van der Waals surface area contributed by atoms with E-state index in [1.165, 1.54) is 11.1 Å². The molecule has 0 aromatic heterocycles. The Morgan fingerprint density at radius 2 is 0.912 bits per heavy atom. The first-order chi connectivity index (χ1) is 38.3. The summed E-state index contributed by atoms with van der Waals surface area (Å²) >= 11 is 0. The third-order valence-electron chi connectivity index (χ3n) is 12.9. The molecule has 2 N–H and O–H groups in total. The average molecular weight is 1120 g/mol. The molecular weight excluding hydrogens is 1020 g/mol. The number of hydrogen-bond donors (Lipinski definition) is 2. The molecular formula is C64H96O16. The van der Waals surface area contributed by atoms with Crippen LogP contribution in [0.1, 0.15) is 114 Å². The van der Waals surface area contributed by atoms with Crippen LogP contribution >= 0.6 is 0 Å². The van der Waals surface area contributed by atoms with Gasteiger partial charge in [0.15, 0.2) is 0 Å². The topological polar surface area (TPSA) is 201 Å². The third kappa shape index (κ3) is 33.5. The van der Waals surface area contributed by atoms with Crippen molar-refractivity contribution < 1.29 is 76.8 Å². The Morgan fingerprint density at radius 3 is 1.36 bits per heavy atom. The largest absolute Gasteiger partial charge is 0.463 e. The first-order valence-electron chi connectivity index (χ1n) is 28.1. The molecule has 448 valence electrons. The molecule has 0 radical (unpaired) electrons. The van der Waals surface area contributed by atoms with E-state index in [9.17, 15) is 19.2 Å². The van der Waals surface area contributed by atoms with Crippen LogP contribution < -0.4 is 0 Å². The zero-order valence-corrected chi connectivity index (χ0v) is 49.8. The Labute approximate surface area is 478 Å². The molecule has 0 saturated heterocycles. The molecule has 0 heterocycles. The number of allylic oxidation sites excluding steroid dienone is 20. The van der Waals surface area contributed by atoms with Gasteiger partial charge in [0.1, 0.15) is 25.4 Å². The van der Waals surface area contributed by atoms with Gasteiger partial charge in [-0.3, -0.25) is 19.2 Å². The van der Waals surface area contributed by atoms with Gasteiger partial charge in [-0.05, 0) is 76.9 Å². The van der Waals surface area contributed by atoms with Crippen LogP contribution in [-0.4, -0.2) is 152 Å².